The van der Waals surface area contributed by atoms with E-state index in [4.69, 9.17) is 9.31 Å². The lowest BCUT2D eigenvalue weighted by molar-refractivity contribution is -0.199. The van der Waals surface area contributed by atoms with E-state index in [1.165, 1.54) is 11.3 Å². The number of hydrogen-bond donors (Lipinski definition) is 3. The molecule has 6 atom stereocenters. The molecule has 7 rings (SSSR count). The molecule has 266 valence electrons. The van der Waals surface area contributed by atoms with Crippen LogP contribution in [0.15, 0.2) is 54.2 Å². The number of benzene rings is 1. The highest BCUT2D eigenvalue weighted by Gasteiger charge is 2.68. The van der Waals surface area contributed by atoms with Gasteiger partial charge in [0.15, 0.2) is 0 Å². The first-order valence-corrected chi connectivity index (χ1v) is 18.9. The van der Waals surface area contributed by atoms with E-state index >= 15 is 0 Å². The van der Waals surface area contributed by atoms with Crippen molar-refractivity contribution in [2.75, 3.05) is 6.54 Å². The maximum absolute atomic E-state index is 14.1. The molecule has 3 saturated carbocycles. The van der Waals surface area contributed by atoms with Gasteiger partial charge >= 0.3 is 7.12 Å². The second-order valence-electron chi connectivity index (χ2n) is 15.4. The van der Waals surface area contributed by atoms with Crippen molar-refractivity contribution >= 4 is 36.2 Å². The fourth-order valence-electron chi connectivity index (χ4n) is 8.05. The van der Waals surface area contributed by atoms with E-state index < -0.39 is 42.4 Å². The van der Waals surface area contributed by atoms with Gasteiger partial charge < -0.3 is 25.3 Å². The lowest BCUT2D eigenvalue weighted by atomic mass is 9.43. The summed E-state index contributed by atoms with van der Waals surface area (Å²) in [5.74, 6) is -0.464. The van der Waals surface area contributed by atoms with E-state index in [0.29, 0.717) is 28.8 Å². The minimum Gasteiger partial charge on any atom is -0.404 e. The molecular formula is C38H50BN5O5S. The first-order valence-electron chi connectivity index (χ1n) is 18.1. The maximum Gasteiger partial charge on any atom is 0.481 e. The average molecular weight is 700 g/mol. The monoisotopic (exact) mass is 699 g/mol. The highest BCUT2D eigenvalue weighted by atomic mass is 32.1. The Kier molecular flexibility index (Phi) is 10.8. The number of nitrogens with one attached hydrogen (secondary N) is 3. The van der Waals surface area contributed by atoms with Crippen LogP contribution in [-0.2, 0) is 20.5 Å². The lowest BCUT2D eigenvalue weighted by Gasteiger charge is -2.64. The summed E-state index contributed by atoms with van der Waals surface area (Å²) in [7, 11) is -0.616. The zero-order valence-electron chi connectivity index (χ0n) is 30.0. The third kappa shape index (κ3) is 7.53. The van der Waals surface area contributed by atoms with Crippen molar-refractivity contribution in [1.29, 1.82) is 0 Å². The molecule has 50 heavy (non-hydrogen) atoms. The zero-order chi connectivity index (χ0) is 35.6. The number of pyridine rings is 1. The summed E-state index contributed by atoms with van der Waals surface area (Å²) in [5.41, 5.74) is 2.46. The van der Waals surface area contributed by atoms with Crippen LogP contribution in [0.4, 0.5) is 0 Å². The molecule has 1 aliphatic heterocycles. The van der Waals surface area contributed by atoms with Crippen molar-refractivity contribution in [3.05, 3.63) is 71.0 Å². The third-order valence-electron chi connectivity index (χ3n) is 11.1. The van der Waals surface area contributed by atoms with Gasteiger partial charge in [-0.1, -0.05) is 53.2 Å². The molecule has 1 saturated heterocycles. The van der Waals surface area contributed by atoms with E-state index in [1.54, 1.807) is 29.9 Å². The van der Waals surface area contributed by atoms with Gasteiger partial charge in [0.05, 0.1) is 17.6 Å². The number of rotatable bonds is 14. The molecule has 4 fully saturated rings. The predicted molar refractivity (Wildman–Crippen MR) is 195 cm³/mol. The molecule has 0 radical (unpaired) electrons. The second kappa shape index (κ2) is 14.9. The Bertz CT molecular complexity index is 1670. The molecule has 3 aromatic rings. The summed E-state index contributed by atoms with van der Waals surface area (Å²) < 4.78 is 13.3. The number of amides is 3. The van der Waals surface area contributed by atoms with Crippen LogP contribution in [0.1, 0.15) is 100 Å². The van der Waals surface area contributed by atoms with Crippen LogP contribution in [0.2, 0.25) is 0 Å². The second-order valence-corrected chi connectivity index (χ2v) is 16.3. The number of carbonyl (C=O) groups is 3. The Labute approximate surface area is 300 Å². The molecule has 3 aliphatic carbocycles. The average Bonchev–Trinajstić information content (AvgIpc) is 3.74. The van der Waals surface area contributed by atoms with Crippen LogP contribution in [-0.4, -0.2) is 65.0 Å². The van der Waals surface area contributed by atoms with Gasteiger partial charge in [0.1, 0.15) is 16.7 Å². The van der Waals surface area contributed by atoms with Gasteiger partial charge in [-0.2, -0.15) is 0 Å². The fourth-order valence-corrected chi connectivity index (χ4v) is 8.85. The van der Waals surface area contributed by atoms with Crippen LogP contribution in [0, 0.1) is 23.2 Å². The Balaban J connectivity index is 1.18. The summed E-state index contributed by atoms with van der Waals surface area (Å²) in [6, 6.07) is 10.0. The molecule has 0 spiro atoms. The molecule has 1 aromatic carbocycles. The maximum atomic E-state index is 14.1. The molecule has 12 heteroatoms. The Morgan fingerprint density at radius 3 is 2.44 bits per heavy atom. The van der Waals surface area contributed by atoms with Crippen LogP contribution in [0.3, 0.4) is 0 Å². The van der Waals surface area contributed by atoms with Gasteiger partial charge in [0.25, 0.3) is 11.8 Å². The Morgan fingerprint density at radius 2 is 1.76 bits per heavy atom. The fraction of sp³-hybridized carbons (Fsp3) is 0.553. The Hall–Kier alpha value is -3.61. The molecular weight excluding hydrogens is 649 g/mol. The normalized spacial score (nSPS) is 24.5. The van der Waals surface area contributed by atoms with E-state index in [-0.39, 0.29) is 29.7 Å². The van der Waals surface area contributed by atoms with Gasteiger partial charge in [-0.3, -0.25) is 19.4 Å². The van der Waals surface area contributed by atoms with E-state index in [0.717, 1.165) is 43.2 Å². The van der Waals surface area contributed by atoms with Crippen molar-refractivity contribution in [1.82, 2.24) is 25.9 Å². The number of hydrogen-bond acceptors (Lipinski definition) is 8. The van der Waals surface area contributed by atoms with E-state index in [9.17, 15) is 14.4 Å². The molecule has 3 N–H and O–H groups in total. The van der Waals surface area contributed by atoms with E-state index in [1.807, 2.05) is 24.3 Å². The highest BCUT2D eigenvalue weighted by molar-refractivity contribution is 7.13. The lowest BCUT2D eigenvalue weighted by Crippen LogP contribution is -2.65. The van der Waals surface area contributed by atoms with Crippen molar-refractivity contribution < 1.29 is 23.7 Å². The number of nitrogens with zero attached hydrogens (tertiary/aromatic N) is 2. The summed E-state index contributed by atoms with van der Waals surface area (Å²) in [4.78, 5) is 49.5. The predicted octanol–water partition coefficient (Wildman–Crippen LogP) is 5.87. The molecule has 2 bridgehead atoms. The van der Waals surface area contributed by atoms with Crippen molar-refractivity contribution in [2.24, 2.45) is 23.2 Å². The highest BCUT2D eigenvalue weighted by Crippen LogP contribution is 2.65. The minimum absolute atomic E-state index is 0.0268. The number of unbranched alkanes of at least 4 members (excludes halogenated alkanes) is 1. The SMILES string of the molecule is CCCCc1ccc(C(=O)N[C@@H](CNC(=O)c2csc(-c3ccncc3)n2)C(=O)N[C@@H](CC(C)C)B2O[C@@H]3C[C@H]4C[C@H](C4(C)C)[C@]3(C)O2)cc1. The largest absolute Gasteiger partial charge is 0.481 e. The van der Waals surface area contributed by atoms with E-state index in [2.05, 4.69) is 67.5 Å². The summed E-state index contributed by atoms with van der Waals surface area (Å²) in [5, 5.41) is 11.3. The van der Waals surface area contributed by atoms with Gasteiger partial charge in [0, 0.05) is 35.4 Å². The summed E-state index contributed by atoms with van der Waals surface area (Å²) in [6.45, 7) is 13.0. The molecule has 4 aliphatic rings. The molecule has 10 nitrogen and oxygen atoms in total. The number of aryl methyl sites for hydroxylation is 1. The molecule has 3 amide bonds. The number of carbonyl (C=O) groups excluding carboxylic acids is 3. The molecule has 2 aromatic heterocycles. The summed E-state index contributed by atoms with van der Waals surface area (Å²) in [6.07, 6.45) is 9.12. The van der Waals surface area contributed by atoms with Crippen molar-refractivity contribution in [2.45, 2.75) is 104 Å². The van der Waals surface area contributed by atoms with Gasteiger partial charge in [0.2, 0.25) is 5.91 Å². The smallest absolute Gasteiger partial charge is 0.404 e. The van der Waals surface area contributed by atoms with Crippen LogP contribution < -0.4 is 16.0 Å². The first kappa shape index (κ1) is 36.2. The minimum atomic E-state index is -1.06. The number of aromatic nitrogens is 2. The zero-order valence-corrected chi connectivity index (χ0v) is 30.8. The third-order valence-corrected chi connectivity index (χ3v) is 12.0. The molecule has 0 unspecified atom stereocenters. The van der Waals surface area contributed by atoms with Gasteiger partial charge in [-0.15, -0.1) is 11.3 Å². The van der Waals surface area contributed by atoms with Crippen molar-refractivity contribution in [3.63, 3.8) is 0 Å². The molecule has 3 heterocycles. The summed E-state index contributed by atoms with van der Waals surface area (Å²) >= 11 is 1.35. The first-order chi connectivity index (χ1) is 23.9. The van der Waals surface area contributed by atoms with Crippen LogP contribution in [0.5, 0.6) is 0 Å². The van der Waals surface area contributed by atoms with Gasteiger partial charge in [-0.05, 0) is 92.0 Å². The van der Waals surface area contributed by atoms with Crippen LogP contribution >= 0.6 is 11.3 Å². The standard InChI is InChI=1S/C38H50BN5O5S/c1-7-8-9-24-10-12-25(13-11-24)33(45)42-28(21-41-34(46)29-22-50-36(43-29)26-14-16-40-17-15-26)35(47)44-32(18-23(2)3)39-48-31-20-27-19-30(37(27,4)5)38(31,6)49-39/h10-17,22-23,27-28,30-32H,7-9,18-21H2,1-6H3,(H,41,46)(H,42,45)(H,44,47)/t27-,28+,30-,31-,32+,38+/m1/s1. The van der Waals surface area contributed by atoms with Crippen molar-refractivity contribution in [3.8, 4) is 10.6 Å². The Morgan fingerprint density at radius 1 is 1.02 bits per heavy atom. The quantitative estimate of drug-likeness (QED) is 0.179. The van der Waals surface area contributed by atoms with Gasteiger partial charge in [-0.25, -0.2) is 4.98 Å². The van der Waals surface area contributed by atoms with Crippen LogP contribution in [0.25, 0.3) is 10.6 Å². The number of thiazole rings is 1. The topological polar surface area (TPSA) is 132 Å².